The van der Waals surface area contributed by atoms with Crippen LogP contribution in [-0.2, 0) is 6.18 Å². The fraction of sp³-hybridized carbons (Fsp3) is 0.538. The summed E-state index contributed by atoms with van der Waals surface area (Å²) in [6.45, 7) is 6.63. The molecule has 0 aliphatic heterocycles. The van der Waals surface area contributed by atoms with E-state index in [0.29, 0.717) is 12.1 Å². The summed E-state index contributed by atoms with van der Waals surface area (Å²) < 4.78 is 38.0. The molecule has 0 amide bonds. The lowest BCUT2D eigenvalue weighted by molar-refractivity contribution is -0.141. The summed E-state index contributed by atoms with van der Waals surface area (Å²) in [7, 11) is 0. The van der Waals surface area contributed by atoms with Gasteiger partial charge in [-0.15, -0.1) is 0 Å². The molecule has 1 heterocycles. The Hall–Kier alpha value is -1.37. The second-order valence-electron chi connectivity index (χ2n) is 5.69. The topological polar surface area (TPSA) is 50.9 Å². The van der Waals surface area contributed by atoms with E-state index >= 15 is 0 Å². The Bertz CT molecular complexity index is 493. The molecule has 1 aromatic heterocycles. The minimum Gasteiger partial charge on any atom is -0.389 e. The van der Waals surface area contributed by atoms with Crippen LogP contribution in [0.4, 0.5) is 19.0 Å². The molecule has 1 rings (SSSR count). The first-order valence-electron chi connectivity index (χ1n) is 6.12. The van der Waals surface area contributed by atoms with Crippen LogP contribution in [-0.4, -0.2) is 16.5 Å². The monoisotopic (exact) mass is 305 g/mol. The number of anilines is 1. The van der Waals surface area contributed by atoms with Crippen LogP contribution < -0.4 is 11.1 Å². The van der Waals surface area contributed by atoms with E-state index in [1.165, 1.54) is 6.07 Å². The Morgan fingerprint density at radius 3 is 2.35 bits per heavy atom. The molecule has 3 nitrogen and oxygen atoms in total. The van der Waals surface area contributed by atoms with Gasteiger partial charge in [0.05, 0.1) is 5.56 Å². The molecule has 20 heavy (non-hydrogen) atoms. The van der Waals surface area contributed by atoms with Crippen molar-refractivity contribution in [2.24, 2.45) is 11.1 Å². The molecule has 0 radical (unpaired) electrons. The maximum atomic E-state index is 12.7. The lowest BCUT2D eigenvalue weighted by Gasteiger charge is -2.19. The molecule has 0 aromatic carbocycles. The molecule has 7 heteroatoms. The number of rotatable bonds is 4. The van der Waals surface area contributed by atoms with Crippen molar-refractivity contribution in [1.82, 2.24) is 4.98 Å². The van der Waals surface area contributed by atoms with Gasteiger partial charge < -0.3 is 11.1 Å². The summed E-state index contributed by atoms with van der Waals surface area (Å²) in [6, 6.07) is 2.13. The molecule has 0 saturated heterocycles. The Labute approximate surface area is 121 Å². The molecule has 3 N–H and O–H groups in total. The van der Waals surface area contributed by atoms with Gasteiger partial charge in [0.25, 0.3) is 0 Å². The van der Waals surface area contributed by atoms with Crippen molar-refractivity contribution < 1.29 is 13.2 Å². The molecule has 0 aliphatic carbocycles. The summed E-state index contributed by atoms with van der Waals surface area (Å²) in [5.41, 5.74) is 4.93. The minimum absolute atomic E-state index is 0.0180. The standard InChI is InChI=1S/C13H18F3N3S/c1-12(2,3)6-7-18-11-8(10(17)20)4-5-9(19-11)13(14,15)16/h4-5H,6-7H2,1-3H3,(H2,17,20)(H,18,19). The first kappa shape index (κ1) is 16.7. The SMILES string of the molecule is CC(C)(C)CCNc1nc(C(F)(F)F)ccc1C(N)=S. The zero-order valence-corrected chi connectivity index (χ0v) is 12.5. The van der Waals surface area contributed by atoms with Crippen molar-refractivity contribution in [2.45, 2.75) is 33.4 Å². The van der Waals surface area contributed by atoms with Crippen LogP contribution in [0.3, 0.4) is 0 Å². The number of thiocarbonyl (C=S) groups is 1. The predicted octanol–water partition coefficient (Wildman–Crippen LogP) is 3.58. The lowest BCUT2D eigenvalue weighted by Crippen LogP contribution is -2.19. The van der Waals surface area contributed by atoms with Gasteiger partial charge in [-0.05, 0) is 24.0 Å². The third-order valence-corrected chi connectivity index (χ3v) is 2.84. The van der Waals surface area contributed by atoms with Crippen LogP contribution in [0, 0.1) is 5.41 Å². The van der Waals surface area contributed by atoms with E-state index < -0.39 is 11.9 Å². The maximum Gasteiger partial charge on any atom is 0.433 e. The van der Waals surface area contributed by atoms with Gasteiger partial charge in [-0.2, -0.15) is 13.2 Å². The highest BCUT2D eigenvalue weighted by Crippen LogP contribution is 2.29. The number of nitrogens with two attached hydrogens (primary N) is 1. The quantitative estimate of drug-likeness (QED) is 0.835. The van der Waals surface area contributed by atoms with Gasteiger partial charge in [-0.25, -0.2) is 4.98 Å². The largest absolute Gasteiger partial charge is 0.433 e. The number of nitrogens with zero attached hydrogens (tertiary/aromatic N) is 1. The van der Waals surface area contributed by atoms with Crippen molar-refractivity contribution >= 4 is 23.0 Å². The van der Waals surface area contributed by atoms with Crippen LogP contribution >= 0.6 is 12.2 Å². The highest BCUT2D eigenvalue weighted by Gasteiger charge is 2.33. The highest BCUT2D eigenvalue weighted by atomic mass is 32.1. The van der Waals surface area contributed by atoms with Crippen LogP contribution in [0.5, 0.6) is 0 Å². The van der Waals surface area contributed by atoms with Gasteiger partial charge in [0.2, 0.25) is 0 Å². The second-order valence-corrected chi connectivity index (χ2v) is 6.13. The first-order chi connectivity index (χ1) is 9.00. The molecule has 0 fully saturated rings. The molecular weight excluding hydrogens is 287 g/mol. The highest BCUT2D eigenvalue weighted by molar-refractivity contribution is 7.80. The van der Waals surface area contributed by atoms with Crippen molar-refractivity contribution in [3.63, 3.8) is 0 Å². The summed E-state index contributed by atoms with van der Waals surface area (Å²) in [6.07, 6.45) is -3.71. The summed E-state index contributed by atoms with van der Waals surface area (Å²) in [5.74, 6) is 0.0802. The van der Waals surface area contributed by atoms with E-state index in [-0.39, 0.29) is 16.2 Å². The number of hydrogen-bond acceptors (Lipinski definition) is 3. The van der Waals surface area contributed by atoms with Gasteiger partial charge in [0.1, 0.15) is 16.5 Å². The Kier molecular flexibility index (Phi) is 4.96. The van der Waals surface area contributed by atoms with Crippen LogP contribution in [0.2, 0.25) is 0 Å². The molecule has 0 atom stereocenters. The molecule has 0 aliphatic rings. The zero-order chi connectivity index (χ0) is 15.6. The predicted molar refractivity (Wildman–Crippen MR) is 77.7 cm³/mol. The van der Waals surface area contributed by atoms with Gasteiger partial charge in [0.15, 0.2) is 0 Å². The average Bonchev–Trinajstić information content (AvgIpc) is 2.25. The van der Waals surface area contributed by atoms with Gasteiger partial charge in [-0.1, -0.05) is 33.0 Å². The fourth-order valence-electron chi connectivity index (χ4n) is 1.51. The summed E-state index contributed by atoms with van der Waals surface area (Å²) >= 11 is 4.83. The van der Waals surface area contributed by atoms with E-state index in [9.17, 15) is 13.2 Å². The molecule has 0 spiro atoms. The van der Waals surface area contributed by atoms with Crippen molar-refractivity contribution in [1.29, 1.82) is 0 Å². The van der Waals surface area contributed by atoms with E-state index in [1.807, 2.05) is 20.8 Å². The van der Waals surface area contributed by atoms with E-state index in [0.717, 1.165) is 12.5 Å². The van der Waals surface area contributed by atoms with E-state index in [1.54, 1.807) is 0 Å². The van der Waals surface area contributed by atoms with Crippen molar-refractivity contribution in [2.75, 3.05) is 11.9 Å². The Balaban J connectivity index is 2.98. The molecule has 1 aromatic rings. The molecule has 112 valence electrons. The molecule has 0 saturated carbocycles. The average molecular weight is 305 g/mol. The van der Waals surface area contributed by atoms with Crippen molar-refractivity contribution in [3.05, 3.63) is 23.4 Å². The van der Waals surface area contributed by atoms with Crippen molar-refractivity contribution in [3.8, 4) is 0 Å². The lowest BCUT2D eigenvalue weighted by atomic mass is 9.92. The number of nitrogens with one attached hydrogen (secondary N) is 1. The number of pyridine rings is 1. The summed E-state index contributed by atoms with van der Waals surface area (Å²) in [4.78, 5) is 3.60. The molecular formula is C13H18F3N3S. The van der Waals surface area contributed by atoms with Crippen LogP contribution in [0.15, 0.2) is 12.1 Å². The first-order valence-corrected chi connectivity index (χ1v) is 6.53. The normalized spacial score (nSPS) is 12.3. The second kappa shape index (κ2) is 5.95. The Morgan fingerprint density at radius 2 is 1.90 bits per heavy atom. The molecule has 0 unspecified atom stereocenters. The fourth-order valence-corrected chi connectivity index (χ4v) is 1.67. The summed E-state index contributed by atoms with van der Waals surface area (Å²) in [5, 5.41) is 2.89. The maximum absolute atomic E-state index is 12.7. The Morgan fingerprint density at radius 1 is 1.30 bits per heavy atom. The number of halogens is 3. The van der Waals surface area contributed by atoms with E-state index in [4.69, 9.17) is 18.0 Å². The van der Waals surface area contributed by atoms with E-state index in [2.05, 4.69) is 10.3 Å². The smallest absolute Gasteiger partial charge is 0.389 e. The zero-order valence-electron chi connectivity index (χ0n) is 11.6. The van der Waals surface area contributed by atoms with Gasteiger partial charge >= 0.3 is 6.18 Å². The third-order valence-electron chi connectivity index (χ3n) is 2.62. The van der Waals surface area contributed by atoms with Crippen LogP contribution in [0.25, 0.3) is 0 Å². The third kappa shape index (κ3) is 4.96. The van der Waals surface area contributed by atoms with Gasteiger partial charge in [0, 0.05) is 6.54 Å². The minimum atomic E-state index is -4.49. The number of aromatic nitrogens is 1. The van der Waals surface area contributed by atoms with Crippen LogP contribution in [0.1, 0.15) is 38.4 Å². The van der Waals surface area contributed by atoms with Gasteiger partial charge in [-0.3, -0.25) is 0 Å². The number of alkyl halides is 3. The molecule has 0 bridgehead atoms. The number of hydrogen-bond donors (Lipinski definition) is 2.